The first-order valence-electron chi connectivity index (χ1n) is 9.49. The number of nitrogens with zero attached hydrogens (tertiary/aromatic N) is 1. The molecule has 3 fully saturated rings. The quantitative estimate of drug-likeness (QED) is 0.798. The van der Waals surface area contributed by atoms with Crippen molar-refractivity contribution >= 4 is 20.0 Å². The maximum Gasteiger partial charge on any atom is 0.241 e. The molecule has 1 saturated carbocycles. The summed E-state index contributed by atoms with van der Waals surface area (Å²) in [7, 11) is -7.04. The Morgan fingerprint density at radius 3 is 2.22 bits per heavy atom. The first-order chi connectivity index (χ1) is 12.7. The molecule has 1 unspecified atom stereocenters. The largest absolute Gasteiger partial charge is 0.241 e. The lowest BCUT2D eigenvalue weighted by atomic mass is 9.84. The van der Waals surface area contributed by atoms with Gasteiger partial charge >= 0.3 is 0 Å². The van der Waals surface area contributed by atoms with Crippen molar-refractivity contribution in [3.8, 4) is 0 Å². The van der Waals surface area contributed by atoms with Crippen LogP contribution in [-0.4, -0.2) is 44.5 Å². The van der Waals surface area contributed by atoms with Gasteiger partial charge in [-0.1, -0.05) is 6.42 Å². The summed E-state index contributed by atoms with van der Waals surface area (Å²) < 4.78 is 68.9. The van der Waals surface area contributed by atoms with Crippen molar-refractivity contribution in [3.63, 3.8) is 0 Å². The number of aryl methyl sites for hydroxylation is 1. The number of benzene rings is 1. The Balaban J connectivity index is 1.53. The zero-order chi connectivity index (χ0) is 19.4. The molecule has 0 aromatic heterocycles. The van der Waals surface area contributed by atoms with Crippen LogP contribution in [0.5, 0.6) is 0 Å². The van der Waals surface area contributed by atoms with Crippen molar-refractivity contribution in [1.82, 2.24) is 9.03 Å². The third-order valence-corrected chi connectivity index (χ3v) is 10.1. The maximum atomic E-state index is 13.3. The summed E-state index contributed by atoms with van der Waals surface area (Å²) in [6.07, 6.45) is 4.97. The van der Waals surface area contributed by atoms with E-state index in [4.69, 9.17) is 0 Å². The van der Waals surface area contributed by atoms with Gasteiger partial charge in [0.05, 0.1) is 10.1 Å². The minimum absolute atomic E-state index is 0.0714. The van der Waals surface area contributed by atoms with E-state index in [1.807, 2.05) is 0 Å². The number of sulfonamides is 2. The van der Waals surface area contributed by atoms with Gasteiger partial charge < -0.3 is 0 Å². The van der Waals surface area contributed by atoms with Crippen LogP contribution in [0.3, 0.4) is 0 Å². The van der Waals surface area contributed by atoms with Gasteiger partial charge in [-0.2, -0.15) is 4.31 Å². The molecule has 6 nitrogen and oxygen atoms in total. The van der Waals surface area contributed by atoms with Crippen molar-refractivity contribution < 1.29 is 21.2 Å². The van der Waals surface area contributed by atoms with Crippen molar-refractivity contribution in [2.75, 3.05) is 0 Å². The minimum atomic E-state index is -3.78. The lowest BCUT2D eigenvalue weighted by molar-refractivity contribution is 0.106. The second-order valence-electron chi connectivity index (χ2n) is 8.01. The van der Waals surface area contributed by atoms with Crippen molar-refractivity contribution in [1.29, 1.82) is 0 Å². The highest BCUT2D eigenvalue weighted by Crippen LogP contribution is 2.41. The average Bonchev–Trinajstić information content (AvgIpc) is 3.38. The fourth-order valence-electron chi connectivity index (χ4n) is 4.59. The number of fused-ring (bicyclic) bond motifs is 2. The van der Waals surface area contributed by atoms with Gasteiger partial charge in [0.1, 0.15) is 5.82 Å². The maximum absolute atomic E-state index is 13.3. The average molecular weight is 417 g/mol. The van der Waals surface area contributed by atoms with Crippen molar-refractivity contribution in [3.05, 3.63) is 29.6 Å². The minimum Gasteiger partial charge on any atom is -0.212 e. The van der Waals surface area contributed by atoms with E-state index in [-0.39, 0.29) is 28.3 Å². The lowest BCUT2D eigenvalue weighted by Crippen LogP contribution is -2.59. The smallest absolute Gasteiger partial charge is 0.212 e. The molecule has 0 spiro atoms. The van der Waals surface area contributed by atoms with Gasteiger partial charge in [-0.15, -0.1) is 0 Å². The van der Waals surface area contributed by atoms with E-state index in [1.165, 1.54) is 12.1 Å². The Bertz CT molecular complexity index is 930. The van der Waals surface area contributed by atoms with Crippen molar-refractivity contribution in [2.24, 2.45) is 0 Å². The van der Waals surface area contributed by atoms with Gasteiger partial charge in [-0.05, 0) is 69.2 Å². The van der Waals surface area contributed by atoms with Gasteiger partial charge in [0.2, 0.25) is 20.0 Å². The van der Waals surface area contributed by atoms with Crippen LogP contribution in [0.15, 0.2) is 23.1 Å². The highest BCUT2D eigenvalue weighted by Gasteiger charge is 2.50. The Kier molecular flexibility index (Phi) is 4.85. The second kappa shape index (κ2) is 6.79. The zero-order valence-corrected chi connectivity index (χ0v) is 16.9. The first kappa shape index (κ1) is 19.3. The van der Waals surface area contributed by atoms with E-state index < -0.39 is 25.9 Å². The van der Waals surface area contributed by atoms with Gasteiger partial charge in [0, 0.05) is 18.1 Å². The molecule has 0 radical (unpaired) electrons. The lowest BCUT2D eigenvalue weighted by Gasteiger charge is -2.47. The summed E-state index contributed by atoms with van der Waals surface area (Å²) in [6.45, 7) is 1.57. The normalized spacial score (nSPS) is 29.6. The molecule has 2 aliphatic heterocycles. The molecule has 3 aliphatic rings. The molecule has 1 N–H and O–H groups in total. The summed E-state index contributed by atoms with van der Waals surface area (Å²) >= 11 is 0. The predicted octanol–water partition coefficient (Wildman–Crippen LogP) is 2.29. The van der Waals surface area contributed by atoms with E-state index >= 15 is 0 Å². The Hall–Kier alpha value is -1.03. The SMILES string of the molecule is Cc1cc(F)ccc1S(=O)(=O)NC1C[C@H]2CCC[C@@H](C1)N2S(=O)(=O)C1CC1. The topological polar surface area (TPSA) is 83.6 Å². The van der Waals surface area contributed by atoms with E-state index in [2.05, 4.69) is 4.72 Å². The van der Waals surface area contributed by atoms with Crippen LogP contribution in [0.2, 0.25) is 0 Å². The highest BCUT2D eigenvalue weighted by atomic mass is 32.2. The van der Waals surface area contributed by atoms with Crippen LogP contribution in [0.1, 0.15) is 50.5 Å². The van der Waals surface area contributed by atoms with E-state index in [9.17, 15) is 21.2 Å². The van der Waals surface area contributed by atoms with Crippen molar-refractivity contribution in [2.45, 2.75) is 80.1 Å². The number of piperidine rings is 2. The molecule has 3 atom stereocenters. The number of hydrogen-bond donors (Lipinski definition) is 1. The van der Waals surface area contributed by atoms with Crippen LogP contribution in [0.4, 0.5) is 4.39 Å². The molecule has 2 bridgehead atoms. The predicted molar refractivity (Wildman–Crippen MR) is 99.7 cm³/mol. The summed E-state index contributed by atoms with van der Waals surface area (Å²) in [5.74, 6) is -0.473. The highest BCUT2D eigenvalue weighted by molar-refractivity contribution is 7.90. The first-order valence-corrected chi connectivity index (χ1v) is 12.5. The monoisotopic (exact) mass is 416 g/mol. The molecule has 27 heavy (non-hydrogen) atoms. The zero-order valence-electron chi connectivity index (χ0n) is 15.3. The third kappa shape index (κ3) is 3.66. The number of halogens is 1. The molecule has 1 aromatic carbocycles. The Morgan fingerprint density at radius 1 is 1.04 bits per heavy atom. The van der Waals surface area contributed by atoms with Gasteiger partial charge in [0.15, 0.2) is 0 Å². The fraction of sp³-hybridized carbons (Fsp3) is 0.667. The second-order valence-corrected chi connectivity index (χ2v) is 11.8. The third-order valence-electron chi connectivity index (χ3n) is 5.90. The number of nitrogens with one attached hydrogen (secondary N) is 1. The van der Waals surface area contributed by atoms with Crippen LogP contribution in [0.25, 0.3) is 0 Å². The molecule has 1 aromatic rings. The molecular weight excluding hydrogens is 391 g/mol. The molecule has 2 saturated heterocycles. The fourth-order valence-corrected chi connectivity index (χ4v) is 8.36. The summed E-state index contributed by atoms with van der Waals surface area (Å²) in [6, 6.07) is 3.05. The standard InChI is InChI=1S/C18H25FN2O4S2/c1-12-9-13(19)5-8-18(12)26(22,23)20-14-10-15-3-2-4-16(11-14)21(15)27(24,25)17-6-7-17/h5,8-9,14-17,20H,2-4,6-7,10-11H2,1H3/t14?,15-,16+. The molecule has 2 heterocycles. The van der Waals surface area contributed by atoms with Crippen LogP contribution in [0, 0.1) is 12.7 Å². The van der Waals surface area contributed by atoms with Gasteiger partial charge in [-0.25, -0.2) is 25.9 Å². The molecular formula is C18H25FN2O4S2. The summed E-state index contributed by atoms with van der Waals surface area (Å²) in [5, 5.41) is -0.240. The van der Waals surface area contributed by atoms with Crippen LogP contribution < -0.4 is 4.72 Å². The molecule has 4 rings (SSSR count). The van der Waals surface area contributed by atoms with E-state index in [1.54, 1.807) is 11.2 Å². The van der Waals surface area contributed by atoms with Gasteiger partial charge in [0.25, 0.3) is 0 Å². The van der Waals surface area contributed by atoms with Gasteiger partial charge in [-0.3, -0.25) is 0 Å². The molecule has 1 aliphatic carbocycles. The Morgan fingerprint density at radius 2 is 1.67 bits per heavy atom. The Labute approximate surface area is 160 Å². The van der Waals surface area contributed by atoms with Crippen LogP contribution in [-0.2, 0) is 20.0 Å². The number of rotatable bonds is 5. The number of hydrogen-bond acceptors (Lipinski definition) is 4. The molecule has 0 amide bonds. The van der Waals surface area contributed by atoms with Crippen LogP contribution >= 0.6 is 0 Å². The molecule has 9 heteroatoms. The van der Waals surface area contributed by atoms with E-state index in [0.29, 0.717) is 18.4 Å². The summed E-state index contributed by atoms with van der Waals surface area (Å²) in [5.41, 5.74) is 0.358. The molecule has 150 valence electrons. The summed E-state index contributed by atoms with van der Waals surface area (Å²) in [4.78, 5) is 0.0714. The van der Waals surface area contributed by atoms with E-state index in [0.717, 1.165) is 38.2 Å².